The van der Waals surface area contributed by atoms with Crippen molar-refractivity contribution in [3.63, 3.8) is 0 Å². The number of amides is 2. The molecule has 0 unspecified atom stereocenters. The lowest BCUT2D eigenvalue weighted by Crippen LogP contribution is -2.36. The number of benzene rings is 1. The Morgan fingerprint density at radius 2 is 2.08 bits per heavy atom. The highest BCUT2D eigenvalue weighted by Gasteiger charge is 2.58. The van der Waals surface area contributed by atoms with E-state index in [0.29, 0.717) is 28.5 Å². The first kappa shape index (κ1) is 24.9. The largest absolute Gasteiger partial charge is 0.444 e. The summed E-state index contributed by atoms with van der Waals surface area (Å²) in [4.78, 5) is 33.9. The Balaban J connectivity index is 1.51. The number of carbonyl (C=O) groups is 2. The van der Waals surface area contributed by atoms with Gasteiger partial charge >= 0.3 is 12.2 Å². The van der Waals surface area contributed by atoms with Crippen molar-refractivity contribution in [2.45, 2.75) is 45.3 Å². The van der Waals surface area contributed by atoms with Crippen LogP contribution in [0.2, 0.25) is 5.02 Å². The van der Waals surface area contributed by atoms with E-state index in [4.69, 9.17) is 21.1 Å². The fraction of sp³-hybridized carbons (Fsp3) is 0.458. The number of halogens is 3. The molecule has 2 fully saturated rings. The molecule has 36 heavy (non-hydrogen) atoms. The zero-order chi connectivity index (χ0) is 26.0. The Hall–Kier alpha value is -2.79. The molecular formula is C24H26BrClFN5O4. The maximum atomic E-state index is 14.8. The van der Waals surface area contributed by atoms with Crippen LogP contribution in [0, 0.1) is 11.2 Å². The first-order chi connectivity index (χ1) is 16.9. The number of fused-ring (bicyclic) bond motifs is 3. The highest BCUT2D eigenvalue weighted by atomic mass is 79.9. The van der Waals surface area contributed by atoms with Crippen molar-refractivity contribution in [3.05, 3.63) is 27.6 Å². The zero-order valence-corrected chi connectivity index (χ0v) is 22.6. The smallest absolute Gasteiger partial charge is 0.412 e. The summed E-state index contributed by atoms with van der Waals surface area (Å²) in [5.41, 5.74) is 1.03. The van der Waals surface area contributed by atoms with Gasteiger partial charge < -0.3 is 30.0 Å². The molecule has 2 amide bonds. The average molecular weight is 583 g/mol. The highest BCUT2D eigenvalue weighted by Crippen LogP contribution is 2.55. The summed E-state index contributed by atoms with van der Waals surface area (Å²) in [5, 5.41) is 6.27. The van der Waals surface area contributed by atoms with Crippen LogP contribution in [0.3, 0.4) is 0 Å². The van der Waals surface area contributed by atoms with Crippen molar-refractivity contribution in [2.24, 2.45) is 5.41 Å². The number of nitrogens with one attached hydrogen (secondary N) is 3. The summed E-state index contributed by atoms with van der Waals surface area (Å²) in [5.74, 6) is -0.704. The van der Waals surface area contributed by atoms with Crippen molar-refractivity contribution in [1.29, 1.82) is 0 Å². The second-order valence-electron chi connectivity index (χ2n) is 10.3. The first-order valence-corrected chi connectivity index (χ1v) is 12.7. The average Bonchev–Trinajstić information content (AvgIpc) is 3.11. The second kappa shape index (κ2) is 8.65. The molecule has 12 heteroatoms. The van der Waals surface area contributed by atoms with Gasteiger partial charge in [-0.1, -0.05) is 11.6 Å². The number of anilines is 1. The van der Waals surface area contributed by atoms with Crippen LogP contribution in [0.1, 0.15) is 33.6 Å². The lowest BCUT2D eigenvalue weighted by Gasteiger charge is -2.22. The highest BCUT2D eigenvalue weighted by molar-refractivity contribution is 9.10. The fourth-order valence-electron chi connectivity index (χ4n) is 4.97. The van der Waals surface area contributed by atoms with Crippen LogP contribution in [-0.4, -0.2) is 53.9 Å². The molecule has 2 aliphatic rings. The molecule has 1 saturated carbocycles. The quantitative estimate of drug-likeness (QED) is 0.377. The summed E-state index contributed by atoms with van der Waals surface area (Å²) >= 11 is 10.1. The Morgan fingerprint density at radius 3 is 2.78 bits per heavy atom. The summed E-state index contributed by atoms with van der Waals surface area (Å²) in [7, 11) is 1.42. The Morgan fingerprint density at radius 1 is 1.33 bits per heavy atom. The molecule has 2 atom stereocenters. The molecular weight excluding hydrogens is 557 g/mol. The number of alkyl carbamates (subject to hydrolysis) is 1. The van der Waals surface area contributed by atoms with Gasteiger partial charge in [-0.25, -0.2) is 19.0 Å². The minimum atomic E-state index is -0.732. The molecule has 3 N–H and O–H groups in total. The third kappa shape index (κ3) is 4.32. The monoisotopic (exact) mass is 581 g/mol. The fourth-order valence-corrected chi connectivity index (χ4v) is 5.77. The van der Waals surface area contributed by atoms with Crippen molar-refractivity contribution >= 4 is 67.3 Å². The molecule has 9 nitrogen and oxygen atoms in total. The van der Waals surface area contributed by atoms with Gasteiger partial charge in [0.25, 0.3) is 0 Å². The molecule has 192 valence electrons. The van der Waals surface area contributed by atoms with Gasteiger partial charge in [-0.3, -0.25) is 0 Å². The number of H-pyrrole nitrogens is 1. The van der Waals surface area contributed by atoms with Gasteiger partial charge in [0.15, 0.2) is 5.75 Å². The van der Waals surface area contributed by atoms with Crippen LogP contribution < -0.4 is 20.3 Å². The molecule has 1 spiro atoms. The van der Waals surface area contributed by atoms with Gasteiger partial charge in [0.1, 0.15) is 17.1 Å². The number of pyridine rings is 1. The molecule has 2 aromatic heterocycles. The first-order valence-electron chi connectivity index (χ1n) is 11.5. The zero-order valence-electron chi connectivity index (χ0n) is 20.2. The third-order valence-corrected chi connectivity index (χ3v) is 7.62. The van der Waals surface area contributed by atoms with Crippen LogP contribution in [0.15, 0.2) is 16.7 Å². The maximum absolute atomic E-state index is 14.8. The molecule has 3 aromatic rings. The Kier molecular flexibility index (Phi) is 5.98. The molecule has 3 heterocycles. The predicted molar refractivity (Wildman–Crippen MR) is 138 cm³/mol. The number of ether oxygens (including phenoxy) is 2. The minimum Gasteiger partial charge on any atom is -0.444 e. The lowest BCUT2D eigenvalue weighted by atomic mass is 10.1. The molecule has 5 rings (SSSR count). The third-order valence-electron chi connectivity index (χ3n) is 6.67. The molecule has 1 saturated heterocycles. The van der Waals surface area contributed by atoms with E-state index in [1.54, 1.807) is 6.20 Å². The van der Waals surface area contributed by atoms with Gasteiger partial charge in [0, 0.05) is 49.2 Å². The van der Waals surface area contributed by atoms with Crippen LogP contribution in [-0.2, 0) is 4.74 Å². The molecule has 0 bridgehead atoms. The van der Waals surface area contributed by atoms with Crippen LogP contribution in [0.25, 0.3) is 21.9 Å². The van der Waals surface area contributed by atoms with Crippen LogP contribution in [0.4, 0.5) is 19.7 Å². The van der Waals surface area contributed by atoms with Crippen molar-refractivity contribution < 1.29 is 23.5 Å². The SMILES string of the molecule is CNC(=O)Oc1cc(F)c(Cl)c2c1[nH]c1ncc(Br)c(N3CC[C@@]4(C[C@H]4NC(=O)OC(C)(C)C)C3)c12. The van der Waals surface area contributed by atoms with Crippen molar-refractivity contribution in [3.8, 4) is 5.75 Å². The summed E-state index contributed by atoms with van der Waals surface area (Å²) in [6, 6.07) is 1.09. The van der Waals surface area contributed by atoms with Crippen molar-refractivity contribution in [1.82, 2.24) is 20.6 Å². The van der Waals surface area contributed by atoms with E-state index >= 15 is 0 Å². The van der Waals surface area contributed by atoms with Gasteiger partial charge in [-0.05, 0) is 49.5 Å². The number of carbonyl (C=O) groups excluding carboxylic acids is 2. The number of aromatic amines is 1. The van der Waals surface area contributed by atoms with Gasteiger partial charge in [0.05, 0.1) is 26.1 Å². The molecule has 1 aromatic carbocycles. The normalized spacial score (nSPS) is 21.3. The van der Waals surface area contributed by atoms with Crippen LogP contribution >= 0.6 is 27.5 Å². The van der Waals surface area contributed by atoms with E-state index in [1.807, 2.05) is 20.8 Å². The number of hydrogen-bond acceptors (Lipinski definition) is 6. The molecule has 0 radical (unpaired) electrons. The summed E-state index contributed by atoms with van der Waals surface area (Å²) < 4.78 is 26.3. The number of nitrogens with zero attached hydrogens (tertiary/aromatic N) is 2. The van der Waals surface area contributed by atoms with Gasteiger partial charge in [-0.15, -0.1) is 0 Å². The number of hydrogen-bond donors (Lipinski definition) is 3. The maximum Gasteiger partial charge on any atom is 0.412 e. The molecule has 1 aliphatic heterocycles. The topological polar surface area (TPSA) is 109 Å². The van der Waals surface area contributed by atoms with Gasteiger partial charge in [0.2, 0.25) is 0 Å². The lowest BCUT2D eigenvalue weighted by molar-refractivity contribution is 0.0516. The van der Waals surface area contributed by atoms with Crippen molar-refractivity contribution in [2.75, 3.05) is 25.0 Å². The predicted octanol–water partition coefficient (Wildman–Crippen LogP) is 5.48. The van der Waals surface area contributed by atoms with E-state index in [2.05, 4.69) is 41.4 Å². The van der Waals surface area contributed by atoms with E-state index in [9.17, 15) is 14.0 Å². The molecule has 1 aliphatic carbocycles. The Bertz CT molecular complexity index is 1410. The summed E-state index contributed by atoms with van der Waals surface area (Å²) in [6.45, 7) is 6.91. The van der Waals surface area contributed by atoms with E-state index in [0.717, 1.165) is 35.6 Å². The second-order valence-corrected chi connectivity index (χ2v) is 11.5. The van der Waals surface area contributed by atoms with Crippen LogP contribution in [0.5, 0.6) is 5.75 Å². The minimum absolute atomic E-state index is 0.00744. The van der Waals surface area contributed by atoms with E-state index in [-0.39, 0.29) is 22.2 Å². The number of aromatic nitrogens is 2. The summed E-state index contributed by atoms with van der Waals surface area (Å²) in [6.07, 6.45) is 2.24. The van der Waals surface area contributed by atoms with E-state index in [1.165, 1.54) is 7.05 Å². The number of rotatable bonds is 3. The Labute approximate surface area is 220 Å². The standard InChI is InChI=1S/C24H26BrClFN5O4/c1-23(2,3)36-22(34)30-14-8-24(14)5-6-32(10-24)19-11(25)9-29-20-16(19)15-17(26)12(27)7-13(18(15)31-20)35-21(33)28-4/h7,9,14H,5-6,8,10H2,1-4H3,(H,28,33)(H,29,31)(H,30,34)/t14-,24-/m1/s1. The van der Waals surface area contributed by atoms with E-state index < -0.39 is 23.6 Å². The van der Waals surface area contributed by atoms with Gasteiger partial charge in [-0.2, -0.15) is 0 Å².